The fourth-order valence-electron chi connectivity index (χ4n) is 3.81. The van der Waals surface area contributed by atoms with Crippen molar-refractivity contribution in [3.63, 3.8) is 0 Å². The molecule has 1 fully saturated rings. The predicted octanol–water partition coefficient (Wildman–Crippen LogP) is 2.25. The molecule has 2 aromatic rings. The Bertz CT molecular complexity index is 812. The first-order valence-corrected chi connectivity index (χ1v) is 10.1. The third kappa shape index (κ3) is 4.80. The first-order chi connectivity index (χ1) is 13.0. The van der Waals surface area contributed by atoms with Gasteiger partial charge in [0.15, 0.2) is 11.5 Å². The van der Waals surface area contributed by atoms with E-state index in [-0.39, 0.29) is 17.5 Å². The summed E-state index contributed by atoms with van der Waals surface area (Å²) in [6, 6.07) is 0.242. The molecule has 3 heterocycles. The highest BCUT2D eigenvalue weighted by molar-refractivity contribution is 5.81. The van der Waals surface area contributed by atoms with Crippen molar-refractivity contribution in [1.82, 2.24) is 24.4 Å². The minimum absolute atomic E-state index is 0.183. The second-order valence-electron chi connectivity index (χ2n) is 7.99. The average Bonchev–Trinajstić information content (AvgIpc) is 2.92. The second kappa shape index (κ2) is 8.73. The van der Waals surface area contributed by atoms with Crippen LogP contribution >= 0.6 is 0 Å². The van der Waals surface area contributed by atoms with Crippen LogP contribution in [0.15, 0.2) is 4.79 Å². The first-order valence-electron chi connectivity index (χ1n) is 10.1. The van der Waals surface area contributed by atoms with E-state index >= 15 is 0 Å². The van der Waals surface area contributed by atoms with Gasteiger partial charge in [-0.25, -0.2) is 4.79 Å². The number of H-pyrrole nitrogens is 1. The Balaban J connectivity index is 1.81. The van der Waals surface area contributed by atoms with Crippen molar-refractivity contribution in [3.8, 4) is 6.01 Å². The highest BCUT2D eigenvalue weighted by Gasteiger charge is 2.23. The maximum absolute atomic E-state index is 12.5. The Morgan fingerprint density at radius 2 is 2.19 bits per heavy atom. The quantitative estimate of drug-likeness (QED) is 0.685. The summed E-state index contributed by atoms with van der Waals surface area (Å²) in [5.41, 5.74) is 6.89. The summed E-state index contributed by atoms with van der Waals surface area (Å²) < 4.78 is 7.31. The summed E-state index contributed by atoms with van der Waals surface area (Å²) in [4.78, 5) is 26.5. The molecule has 1 unspecified atom stereocenters. The Morgan fingerprint density at radius 3 is 2.93 bits per heavy atom. The van der Waals surface area contributed by atoms with Crippen LogP contribution in [-0.2, 0) is 6.54 Å². The highest BCUT2D eigenvalue weighted by Crippen LogP contribution is 2.22. The van der Waals surface area contributed by atoms with Crippen LogP contribution in [0.2, 0.25) is 0 Å². The van der Waals surface area contributed by atoms with Crippen molar-refractivity contribution >= 4 is 17.0 Å². The normalized spacial score (nSPS) is 18.4. The van der Waals surface area contributed by atoms with E-state index in [9.17, 15) is 4.79 Å². The monoisotopic (exact) mass is 376 g/mol. The Hall–Kier alpha value is -2.09. The van der Waals surface area contributed by atoms with E-state index in [0.29, 0.717) is 36.2 Å². The summed E-state index contributed by atoms with van der Waals surface area (Å²) in [6.45, 7) is 11.0. The lowest BCUT2D eigenvalue weighted by Gasteiger charge is -2.33. The highest BCUT2D eigenvalue weighted by atomic mass is 16.5. The van der Waals surface area contributed by atoms with Crippen LogP contribution in [0, 0.1) is 11.8 Å². The van der Waals surface area contributed by atoms with Crippen molar-refractivity contribution in [2.75, 3.05) is 32.0 Å². The van der Waals surface area contributed by atoms with Gasteiger partial charge in [0.1, 0.15) is 5.52 Å². The van der Waals surface area contributed by atoms with E-state index < -0.39 is 0 Å². The zero-order chi connectivity index (χ0) is 19.4. The first kappa shape index (κ1) is 19.7. The van der Waals surface area contributed by atoms with Crippen LogP contribution in [0.25, 0.3) is 11.2 Å². The van der Waals surface area contributed by atoms with Gasteiger partial charge in [-0.3, -0.25) is 4.57 Å². The lowest BCUT2D eigenvalue weighted by molar-refractivity contribution is 0.148. The lowest BCUT2D eigenvalue weighted by Crippen LogP contribution is -2.39. The van der Waals surface area contributed by atoms with Crippen LogP contribution in [-0.4, -0.2) is 50.7 Å². The molecule has 3 N–H and O–H groups in total. The zero-order valence-corrected chi connectivity index (χ0v) is 16.7. The smallest absolute Gasteiger partial charge is 0.327 e. The number of nitrogens with two attached hydrogens (primary N) is 1. The molecule has 27 heavy (non-hydrogen) atoms. The van der Waals surface area contributed by atoms with Crippen molar-refractivity contribution in [1.29, 1.82) is 0 Å². The number of fused-ring (bicyclic) bond motifs is 1. The van der Waals surface area contributed by atoms with Gasteiger partial charge in [-0.2, -0.15) is 9.97 Å². The van der Waals surface area contributed by atoms with Crippen LogP contribution in [0.3, 0.4) is 0 Å². The molecule has 150 valence electrons. The van der Waals surface area contributed by atoms with Crippen molar-refractivity contribution in [2.24, 2.45) is 11.8 Å². The van der Waals surface area contributed by atoms with E-state index in [0.717, 1.165) is 45.3 Å². The molecule has 3 rings (SSSR count). The van der Waals surface area contributed by atoms with Crippen LogP contribution in [0.4, 0.5) is 5.82 Å². The minimum atomic E-state index is -0.183. The van der Waals surface area contributed by atoms with Gasteiger partial charge < -0.3 is 20.4 Å². The SMILES string of the molecule is CCCCOc1nc(N)c2[nH]c(=O)n(CC3CCCN(CC(C)C)C3)c2n1. The molecule has 0 bridgehead atoms. The number of imidazole rings is 1. The summed E-state index contributed by atoms with van der Waals surface area (Å²) >= 11 is 0. The molecule has 0 amide bonds. The van der Waals surface area contributed by atoms with Crippen molar-refractivity contribution in [2.45, 2.75) is 53.0 Å². The number of nitrogens with one attached hydrogen (secondary N) is 1. The number of piperidine rings is 1. The number of unbranched alkanes of at least 4 members (excludes halogenated alkanes) is 1. The third-order valence-corrected chi connectivity index (χ3v) is 5.03. The Labute approximate surface area is 160 Å². The van der Waals surface area contributed by atoms with Gasteiger partial charge in [0.2, 0.25) is 0 Å². The maximum Gasteiger partial charge on any atom is 0.327 e. The summed E-state index contributed by atoms with van der Waals surface area (Å²) in [6.07, 6.45) is 4.24. The van der Waals surface area contributed by atoms with Gasteiger partial charge >= 0.3 is 11.7 Å². The summed E-state index contributed by atoms with van der Waals surface area (Å²) in [5, 5.41) is 0. The Morgan fingerprint density at radius 1 is 1.37 bits per heavy atom. The molecular weight excluding hydrogens is 344 g/mol. The third-order valence-electron chi connectivity index (χ3n) is 5.03. The molecule has 2 aromatic heterocycles. The van der Waals surface area contributed by atoms with E-state index in [1.54, 1.807) is 4.57 Å². The topological polar surface area (TPSA) is 102 Å². The molecule has 0 radical (unpaired) electrons. The molecule has 8 heteroatoms. The number of nitrogens with zero attached hydrogens (tertiary/aromatic N) is 4. The fraction of sp³-hybridized carbons (Fsp3) is 0.737. The molecule has 1 atom stereocenters. The van der Waals surface area contributed by atoms with Crippen LogP contribution in [0.5, 0.6) is 6.01 Å². The number of hydrogen-bond acceptors (Lipinski definition) is 6. The summed E-state index contributed by atoms with van der Waals surface area (Å²) in [5.74, 6) is 1.33. The predicted molar refractivity (Wildman–Crippen MR) is 107 cm³/mol. The number of likely N-dealkylation sites (tertiary alicyclic amines) is 1. The number of aromatic nitrogens is 4. The van der Waals surface area contributed by atoms with Gasteiger partial charge in [-0.15, -0.1) is 0 Å². The Kier molecular flexibility index (Phi) is 6.36. The van der Waals surface area contributed by atoms with Gasteiger partial charge in [0.25, 0.3) is 0 Å². The van der Waals surface area contributed by atoms with Gasteiger partial charge in [-0.1, -0.05) is 27.2 Å². The van der Waals surface area contributed by atoms with Gasteiger partial charge in [0, 0.05) is 19.6 Å². The second-order valence-corrected chi connectivity index (χ2v) is 7.99. The van der Waals surface area contributed by atoms with Crippen molar-refractivity contribution in [3.05, 3.63) is 10.5 Å². The lowest BCUT2D eigenvalue weighted by atomic mass is 9.97. The number of aromatic amines is 1. The number of nitrogen functional groups attached to an aromatic ring is 1. The van der Waals surface area contributed by atoms with E-state index in [4.69, 9.17) is 10.5 Å². The molecule has 0 saturated carbocycles. The molecule has 1 saturated heterocycles. The maximum atomic E-state index is 12.5. The molecule has 0 spiro atoms. The standard InChI is InChI=1S/C19H32N6O2/c1-4-5-9-27-18-22-16(20)15-17(23-18)25(19(26)21-15)12-14-7-6-8-24(11-14)10-13(2)3/h13-14H,4-12H2,1-3H3,(H,21,26)(H2,20,22,23). The molecule has 0 aliphatic carbocycles. The van der Waals surface area contributed by atoms with Gasteiger partial charge in [-0.05, 0) is 37.6 Å². The molecule has 0 aromatic carbocycles. The van der Waals surface area contributed by atoms with E-state index in [1.165, 1.54) is 0 Å². The zero-order valence-electron chi connectivity index (χ0n) is 16.7. The van der Waals surface area contributed by atoms with E-state index in [2.05, 4.69) is 40.6 Å². The van der Waals surface area contributed by atoms with Crippen LogP contribution < -0.4 is 16.2 Å². The minimum Gasteiger partial charge on any atom is -0.463 e. The molecule has 1 aliphatic heterocycles. The number of hydrogen-bond donors (Lipinski definition) is 2. The van der Waals surface area contributed by atoms with Crippen molar-refractivity contribution < 1.29 is 4.74 Å². The number of anilines is 1. The summed E-state index contributed by atoms with van der Waals surface area (Å²) in [7, 11) is 0. The van der Waals surface area contributed by atoms with E-state index in [1.807, 2.05) is 0 Å². The molecular formula is C19H32N6O2. The van der Waals surface area contributed by atoms with Crippen LogP contribution in [0.1, 0.15) is 46.5 Å². The average molecular weight is 377 g/mol. The molecule has 1 aliphatic rings. The largest absolute Gasteiger partial charge is 0.463 e. The number of rotatable bonds is 8. The number of ether oxygens (including phenoxy) is 1. The molecule has 8 nitrogen and oxygen atoms in total. The van der Waals surface area contributed by atoms with Gasteiger partial charge in [0.05, 0.1) is 6.61 Å². The fourth-order valence-corrected chi connectivity index (χ4v) is 3.81.